The van der Waals surface area contributed by atoms with Crippen LogP contribution in [0.25, 0.3) is 10.9 Å². The van der Waals surface area contributed by atoms with Crippen molar-refractivity contribution < 1.29 is 0 Å². The van der Waals surface area contributed by atoms with Crippen molar-refractivity contribution in [3.8, 4) is 0 Å². The van der Waals surface area contributed by atoms with Gasteiger partial charge >= 0.3 is 0 Å². The molecule has 0 bridgehead atoms. The number of para-hydroxylation sites is 1. The molecule has 0 saturated heterocycles. The summed E-state index contributed by atoms with van der Waals surface area (Å²) in [5.41, 5.74) is 1.74. The minimum atomic E-state index is -0.180. The van der Waals surface area contributed by atoms with Gasteiger partial charge in [0.05, 0.1) is 24.1 Å². The van der Waals surface area contributed by atoms with Gasteiger partial charge in [0.1, 0.15) is 5.15 Å². The van der Waals surface area contributed by atoms with Crippen molar-refractivity contribution >= 4 is 22.5 Å². The van der Waals surface area contributed by atoms with Gasteiger partial charge in [-0.2, -0.15) is 5.10 Å². The number of nitrogens with zero attached hydrogens (tertiary/aromatic N) is 4. The van der Waals surface area contributed by atoms with E-state index in [0.29, 0.717) is 6.54 Å². The van der Waals surface area contributed by atoms with Crippen LogP contribution in [0.4, 0.5) is 0 Å². The van der Waals surface area contributed by atoms with E-state index in [-0.39, 0.29) is 10.7 Å². The summed E-state index contributed by atoms with van der Waals surface area (Å²) in [6.07, 6.45) is 1.45. The first kappa shape index (κ1) is 12.9. The highest BCUT2D eigenvalue weighted by Crippen LogP contribution is 2.18. The first-order chi connectivity index (χ1) is 9.69. The SMILES string of the molecule is CCn1nc(Cn2cnc(Cl)cc2=O)c2ccccc21. The quantitative estimate of drug-likeness (QED) is 0.695. The summed E-state index contributed by atoms with van der Waals surface area (Å²) >= 11 is 5.70. The van der Waals surface area contributed by atoms with Gasteiger partial charge in [0.2, 0.25) is 0 Å². The average Bonchev–Trinajstić information content (AvgIpc) is 2.80. The number of aryl methyl sites for hydroxylation is 1. The van der Waals surface area contributed by atoms with Crippen LogP contribution in [0.2, 0.25) is 5.15 Å². The Hall–Kier alpha value is -2.14. The van der Waals surface area contributed by atoms with Gasteiger partial charge in [-0.1, -0.05) is 29.8 Å². The van der Waals surface area contributed by atoms with E-state index in [2.05, 4.69) is 10.1 Å². The van der Waals surface area contributed by atoms with Crippen LogP contribution in [0.5, 0.6) is 0 Å². The fourth-order valence-electron chi connectivity index (χ4n) is 2.24. The second-order valence-electron chi connectivity index (χ2n) is 4.46. The Morgan fingerprint density at radius 1 is 1.30 bits per heavy atom. The molecule has 1 aromatic carbocycles. The van der Waals surface area contributed by atoms with Crippen molar-refractivity contribution in [3.05, 3.63) is 57.9 Å². The van der Waals surface area contributed by atoms with Gasteiger partial charge in [-0.05, 0) is 13.0 Å². The molecule has 0 N–H and O–H groups in total. The first-order valence-corrected chi connectivity index (χ1v) is 6.73. The third-order valence-electron chi connectivity index (χ3n) is 3.20. The summed E-state index contributed by atoms with van der Waals surface area (Å²) in [7, 11) is 0. The zero-order valence-corrected chi connectivity index (χ0v) is 11.7. The van der Waals surface area contributed by atoms with Gasteiger partial charge in [0.15, 0.2) is 0 Å². The number of benzene rings is 1. The van der Waals surface area contributed by atoms with Crippen molar-refractivity contribution in [1.82, 2.24) is 19.3 Å². The summed E-state index contributed by atoms with van der Waals surface area (Å²) in [4.78, 5) is 15.8. The lowest BCUT2D eigenvalue weighted by Gasteiger charge is -2.02. The van der Waals surface area contributed by atoms with E-state index >= 15 is 0 Å². The molecule has 0 spiro atoms. The summed E-state index contributed by atoms with van der Waals surface area (Å²) in [5, 5.41) is 5.82. The topological polar surface area (TPSA) is 52.7 Å². The maximum Gasteiger partial charge on any atom is 0.255 e. The van der Waals surface area contributed by atoms with Crippen LogP contribution in [-0.4, -0.2) is 19.3 Å². The Kier molecular flexibility index (Phi) is 3.28. The van der Waals surface area contributed by atoms with Gasteiger partial charge in [0.25, 0.3) is 5.56 Å². The highest BCUT2D eigenvalue weighted by molar-refractivity contribution is 6.29. The van der Waals surface area contributed by atoms with Gasteiger partial charge in [-0.25, -0.2) is 4.98 Å². The van der Waals surface area contributed by atoms with E-state index < -0.39 is 0 Å². The van der Waals surface area contributed by atoms with Gasteiger partial charge in [0, 0.05) is 18.0 Å². The molecule has 0 unspecified atom stereocenters. The number of aromatic nitrogens is 4. The third-order valence-corrected chi connectivity index (χ3v) is 3.41. The smallest absolute Gasteiger partial charge is 0.255 e. The van der Waals surface area contributed by atoms with E-state index in [1.807, 2.05) is 35.9 Å². The fourth-order valence-corrected chi connectivity index (χ4v) is 2.37. The highest BCUT2D eigenvalue weighted by atomic mass is 35.5. The van der Waals surface area contributed by atoms with Crippen LogP contribution >= 0.6 is 11.6 Å². The Morgan fingerprint density at radius 3 is 2.85 bits per heavy atom. The zero-order chi connectivity index (χ0) is 14.1. The number of hydrogen-bond acceptors (Lipinski definition) is 3. The Morgan fingerprint density at radius 2 is 2.10 bits per heavy atom. The van der Waals surface area contributed by atoms with Crippen LogP contribution in [0.3, 0.4) is 0 Å². The predicted octanol–water partition coefficient (Wildman–Crippen LogP) is 2.31. The van der Waals surface area contributed by atoms with E-state index in [4.69, 9.17) is 11.6 Å². The predicted molar refractivity (Wildman–Crippen MR) is 78.0 cm³/mol. The molecule has 0 fully saturated rings. The van der Waals surface area contributed by atoms with Gasteiger partial charge in [-0.3, -0.25) is 14.0 Å². The van der Waals surface area contributed by atoms with Crippen molar-refractivity contribution in [2.75, 3.05) is 0 Å². The second-order valence-corrected chi connectivity index (χ2v) is 4.84. The Bertz CT molecular complexity index is 821. The van der Waals surface area contributed by atoms with E-state index in [9.17, 15) is 4.79 Å². The molecule has 0 aliphatic heterocycles. The van der Waals surface area contributed by atoms with E-state index in [0.717, 1.165) is 23.1 Å². The van der Waals surface area contributed by atoms with E-state index in [1.165, 1.54) is 17.0 Å². The van der Waals surface area contributed by atoms with Crippen molar-refractivity contribution in [2.24, 2.45) is 0 Å². The lowest BCUT2D eigenvalue weighted by Crippen LogP contribution is -2.20. The maximum absolute atomic E-state index is 11.9. The molecule has 5 nitrogen and oxygen atoms in total. The molecule has 3 rings (SSSR count). The molecule has 0 aliphatic carbocycles. The van der Waals surface area contributed by atoms with Crippen LogP contribution in [0, 0.1) is 0 Å². The van der Waals surface area contributed by atoms with Crippen LogP contribution < -0.4 is 5.56 Å². The average molecular weight is 289 g/mol. The van der Waals surface area contributed by atoms with Crippen LogP contribution in [-0.2, 0) is 13.1 Å². The normalized spacial score (nSPS) is 11.1. The molecular formula is C14H13ClN4O. The zero-order valence-electron chi connectivity index (χ0n) is 11.0. The number of fused-ring (bicyclic) bond motifs is 1. The van der Waals surface area contributed by atoms with Crippen LogP contribution in [0.1, 0.15) is 12.6 Å². The molecule has 6 heteroatoms. The summed E-state index contributed by atoms with van der Waals surface area (Å²) < 4.78 is 3.43. The maximum atomic E-state index is 11.9. The minimum absolute atomic E-state index is 0.180. The molecule has 0 radical (unpaired) electrons. The molecular weight excluding hydrogens is 276 g/mol. The number of rotatable bonds is 3. The standard InChI is InChI=1S/C14H13ClN4O/c1-2-19-12-6-4-3-5-10(12)11(17-19)8-18-9-16-13(15)7-14(18)20/h3-7,9H,2,8H2,1H3. The second kappa shape index (κ2) is 5.09. The number of halogens is 1. The molecule has 2 aromatic heterocycles. The largest absolute Gasteiger partial charge is 0.293 e. The summed E-state index contributed by atoms with van der Waals surface area (Å²) in [5.74, 6) is 0. The van der Waals surface area contributed by atoms with Crippen LogP contribution in [0.15, 0.2) is 41.5 Å². The molecule has 0 aliphatic rings. The van der Waals surface area contributed by atoms with E-state index in [1.54, 1.807) is 0 Å². The minimum Gasteiger partial charge on any atom is -0.293 e. The van der Waals surface area contributed by atoms with Crippen molar-refractivity contribution in [1.29, 1.82) is 0 Å². The Labute approximate surface area is 120 Å². The highest BCUT2D eigenvalue weighted by Gasteiger charge is 2.10. The molecule has 0 amide bonds. The molecule has 0 saturated carbocycles. The summed E-state index contributed by atoms with van der Waals surface area (Å²) in [6, 6.07) is 9.29. The molecule has 3 aromatic rings. The van der Waals surface area contributed by atoms with Crippen molar-refractivity contribution in [2.45, 2.75) is 20.0 Å². The molecule has 2 heterocycles. The molecule has 102 valence electrons. The monoisotopic (exact) mass is 288 g/mol. The van der Waals surface area contributed by atoms with Crippen molar-refractivity contribution in [3.63, 3.8) is 0 Å². The summed E-state index contributed by atoms with van der Waals surface area (Å²) in [6.45, 7) is 3.21. The molecule has 0 atom stereocenters. The molecule has 20 heavy (non-hydrogen) atoms. The number of hydrogen-bond donors (Lipinski definition) is 0. The first-order valence-electron chi connectivity index (χ1n) is 6.35. The van der Waals surface area contributed by atoms with Gasteiger partial charge in [-0.15, -0.1) is 0 Å². The lowest BCUT2D eigenvalue weighted by atomic mass is 10.2. The lowest BCUT2D eigenvalue weighted by molar-refractivity contribution is 0.644. The third kappa shape index (κ3) is 2.20. The fraction of sp³-hybridized carbons (Fsp3) is 0.214. The Balaban J connectivity index is 2.09. The van der Waals surface area contributed by atoms with Gasteiger partial charge < -0.3 is 0 Å².